The summed E-state index contributed by atoms with van der Waals surface area (Å²) >= 11 is 0. The number of rotatable bonds is 6. The molecule has 5 heteroatoms. The van der Waals surface area contributed by atoms with Gasteiger partial charge in [0.25, 0.3) is 0 Å². The van der Waals surface area contributed by atoms with Gasteiger partial charge in [-0.3, -0.25) is 9.00 Å². The van der Waals surface area contributed by atoms with Crippen LogP contribution in [0.15, 0.2) is 0 Å². The van der Waals surface area contributed by atoms with Crippen molar-refractivity contribution < 1.29 is 14.1 Å². The lowest BCUT2D eigenvalue weighted by molar-refractivity contribution is -0.146. The standard InChI is InChI=1S/C10H19NO3S/c1-7(5-6-15(2)14)11-9-4-3-8(9)10(12)13/h7-9,11H,3-6H2,1-2H3,(H,12,13). The average molecular weight is 233 g/mol. The van der Waals surface area contributed by atoms with Gasteiger partial charge >= 0.3 is 5.97 Å². The van der Waals surface area contributed by atoms with E-state index in [0.29, 0.717) is 5.75 Å². The summed E-state index contributed by atoms with van der Waals surface area (Å²) in [6.45, 7) is 2.02. The lowest BCUT2D eigenvalue weighted by Crippen LogP contribution is -2.50. The first-order valence-electron chi connectivity index (χ1n) is 5.29. The quantitative estimate of drug-likeness (QED) is 0.705. The van der Waals surface area contributed by atoms with Crippen LogP contribution in [0.3, 0.4) is 0 Å². The van der Waals surface area contributed by atoms with E-state index in [9.17, 15) is 9.00 Å². The summed E-state index contributed by atoms with van der Waals surface area (Å²) in [4.78, 5) is 10.8. The molecule has 1 rings (SSSR count). The largest absolute Gasteiger partial charge is 0.481 e. The highest BCUT2D eigenvalue weighted by Crippen LogP contribution is 2.28. The first kappa shape index (κ1) is 12.6. The summed E-state index contributed by atoms with van der Waals surface area (Å²) in [6, 6.07) is 0.365. The molecule has 1 saturated carbocycles. The minimum absolute atomic E-state index is 0.114. The predicted molar refractivity (Wildman–Crippen MR) is 60.3 cm³/mol. The zero-order chi connectivity index (χ0) is 11.4. The van der Waals surface area contributed by atoms with Gasteiger partial charge in [0.1, 0.15) is 0 Å². The van der Waals surface area contributed by atoms with Crippen LogP contribution in [0.5, 0.6) is 0 Å². The summed E-state index contributed by atoms with van der Waals surface area (Å²) in [5, 5.41) is 12.1. The maximum Gasteiger partial charge on any atom is 0.308 e. The Kier molecular flexibility index (Phi) is 4.73. The fourth-order valence-corrected chi connectivity index (χ4v) is 2.47. The number of hydrogen-bond acceptors (Lipinski definition) is 3. The molecule has 0 saturated heterocycles. The van der Waals surface area contributed by atoms with Crippen molar-refractivity contribution in [3.05, 3.63) is 0 Å². The normalized spacial score (nSPS) is 29.2. The van der Waals surface area contributed by atoms with Gasteiger partial charge in [-0.05, 0) is 26.2 Å². The van der Waals surface area contributed by atoms with Gasteiger partial charge in [0.2, 0.25) is 0 Å². The Morgan fingerprint density at radius 2 is 2.27 bits per heavy atom. The molecule has 4 atom stereocenters. The smallest absolute Gasteiger partial charge is 0.308 e. The summed E-state index contributed by atoms with van der Waals surface area (Å²) < 4.78 is 10.9. The Hall–Kier alpha value is -0.420. The van der Waals surface area contributed by atoms with Crippen LogP contribution in [-0.4, -0.2) is 39.4 Å². The van der Waals surface area contributed by atoms with Gasteiger partial charge < -0.3 is 10.4 Å². The fraction of sp³-hybridized carbons (Fsp3) is 0.900. The van der Waals surface area contributed by atoms with Crippen LogP contribution in [0.2, 0.25) is 0 Å². The molecule has 0 spiro atoms. The summed E-state index contributed by atoms with van der Waals surface area (Å²) in [7, 11) is -0.759. The van der Waals surface area contributed by atoms with Gasteiger partial charge in [0.15, 0.2) is 0 Å². The molecule has 1 fully saturated rings. The summed E-state index contributed by atoms with van der Waals surface area (Å²) in [6.07, 6.45) is 4.25. The molecule has 0 aromatic carbocycles. The van der Waals surface area contributed by atoms with Crippen molar-refractivity contribution >= 4 is 16.8 Å². The van der Waals surface area contributed by atoms with Crippen LogP contribution in [0.1, 0.15) is 26.2 Å². The van der Waals surface area contributed by atoms with Gasteiger partial charge in [-0.25, -0.2) is 0 Å². The Morgan fingerprint density at radius 1 is 1.60 bits per heavy atom. The van der Waals surface area contributed by atoms with E-state index in [1.165, 1.54) is 0 Å². The third kappa shape index (κ3) is 3.91. The number of carboxylic acids is 1. The maximum atomic E-state index is 10.9. The minimum Gasteiger partial charge on any atom is -0.481 e. The number of hydrogen-bond donors (Lipinski definition) is 2. The third-order valence-corrected chi connectivity index (χ3v) is 3.74. The second-order valence-electron chi connectivity index (χ2n) is 4.26. The molecule has 0 amide bonds. The molecule has 0 bridgehead atoms. The Balaban J connectivity index is 2.23. The summed E-state index contributed by atoms with van der Waals surface area (Å²) in [5.41, 5.74) is 0. The molecular formula is C10H19NO3S. The van der Waals surface area contributed by atoms with E-state index in [1.807, 2.05) is 6.92 Å². The molecule has 0 radical (unpaired) electrons. The third-order valence-electron chi connectivity index (χ3n) is 2.93. The molecule has 4 nitrogen and oxygen atoms in total. The van der Waals surface area contributed by atoms with Crippen molar-refractivity contribution in [3.8, 4) is 0 Å². The Labute approximate surface area is 92.9 Å². The van der Waals surface area contributed by atoms with Crippen molar-refractivity contribution in [1.29, 1.82) is 0 Å². The molecule has 0 aromatic rings. The van der Waals surface area contributed by atoms with Gasteiger partial charge in [-0.2, -0.15) is 0 Å². The van der Waals surface area contributed by atoms with Gasteiger partial charge in [0, 0.05) is 34.9 Å². The fourth-order valence-electron chi connectivity index (χ4n) is 1.79. The molecule has 1 aliphatic rings. The molecule has 2 N–H and O–H groups in total. The first-order chi connectivity index (χ1) is 7.00. The zero-order valence-electron chi connectivity index (χ0n) is 9.23. The lowest BCUT2D eigenvalue weighted by Gasteiger charge is -2.36. The Bertz CT molecular complexity index is 257. The van der Waals surface area contributed by atoms with Gasteiger partial charge in [-0.15, -0.1) is 0 Å². The van der Waals surface area contributed by atoms with Crippen molar-refractivity contribution in [3.63, 3.8) is 0 Å². The molecular weight excluding hydrogens is 214 g/mol. The van der Waals surface area contributed by atoms with E-state index >= 15 is 0 Å². The van der Waals surface area contributed by atoms with Crippen LogP contribution in [0.4, 0.5) is 0 Å². The molecule has 0 aromatic heterocycles. The lowest BCUT2D eigenvalue weighted by atomic mass is 9.79. The highest BCUT2D eigenvalue weighted by molar-refractivity contribution is 7.84. The zero-order valence-corrected chi connectivity index (χ0v) is 10.0. The maximum absolute atomic E-state index is 10.9. The van der Waals surface area contributed by atoms with E-state index in [4.69, 9.17) is 5.11 Å². The summed E-state index contributed by atoms with van der Waals surface area (Å²) in [5.74, 6) is -0.247. The van der Waals surface area contributed by atoms with Gasteiger partial charge in [-0.1, -0.05) is 0 Å². The van der Waals surface area contributed by atoms with Crippen LogP contribution in [0, 0.1) is 5.92 Å². The molecule has 15 heavy (non-hydrogen) atoms. The number of aliphatic carboxylic acids is 1. The van der Waals surface area contributed by atoms with Crippen molar-refractivity contribution in [2.75, 3.05) is 12.0 Å². The van der Waals surface area contributed by atoms with Gasteiger partial charge in [0.05, 0.1) is 5.92 Å². The van der Waals surface area contributed by atoms with Crippen molar-refractivity contribution in [2.24, 2.45) is 5.92 Å². The van der Waals surface area contributed by atoms with Crippen molar-refractivity contribution in [1.82, 2.24) is 5.32 Å². The topological polar surface area (TPSA) is 66.4 Å². The number of carbonyl (C=O) groups is 1. The van der Waals surface area contributed by atoms with Crippen LogP contribution in [0.25, 0.3) is 0 Å². The van der Waals surface area contributed by atoms with E-state index < -0.39 is 16.8 Å². The molecule has 0 aliphatic heterocycles. The molecule has 88 valence electrons. The predicted octanol–water partition coefficient (Wildman–Crippen LogP) is 0.596. The van der Waals surface area contributed by atoms with E-state index in [1.54, 1.807) is 6.26 Å². The molecule has 4 unspecified atom stereocenters. The van der Waals surface area contributed by atoms with Crippen molar-refractivity contribution in [2.45, 2.75) is 38.3 Å². The first-order valence-corrected chi connectivity index (χ1v) is 7.02. The second-order valence-corrected chi connectivity index (χ2v) is 5.82. The Morgan fingerprint density at radius 3 is 2.67 bits per heavy atom. The SMILES string of the molecule is CC(CCS(C)=O)NC1CCC1C(=O)O. The number of nitrogens with one attached hydrogen (secondary N) is 1. The van der Waals surface area contributed by atoms with Crippen LogP contribution < -0.4 is 5.32 Å². The molecule has 0 heterocycles. The monoisotopic (exact) mass is 233 g/mol. The van der Waals surface area contributed by atoms with Crippen LogP contribution in [-0.2, 0) is 15.6 Å². The minimum atomic E-state index is -0.759. The van der Waals surface area contributed by atoms with E-state index in [2.05, 4.69) is 5.32 Å². The van der Waals surface area contributed by atoms with E-state index in [-0.39, 0.29) is 18.0 Å². The van der Waals surface area contributed by atoms with Crippen LogP contribution >= 0.6 is 0 Å². The highest BCUT2D eigenvalue weighted by atomic mass is 32.2. The van der Waals surface area contributed by atoms with E-state index in [0.717, 1.165) is 19.3 Å². The highest BCUT2D eigenvalue weighted by Gasteiger charge is 2.36. The average Bonchev–Trinajstić information content (AvgIpc) is 2.08. The number of carboxylic acid groups (broad SMARTS) is 1. The molecule has 1 aliphatic carbocycles. The second kappa shape index (κ2) is 5.61.